The molecule has 8 heteroatoms. The van der Waals surface area contributed by atoms with Crippen LogP contribution >= 0.6 is 0 Å². The first-order chi connectivity index (χ1) is 15.6. The number of carbonyl (C=O) groups excluding carboxylic acids is 1. The summed E-state index contributed by atoms with van der Waals surface area (Å²) in [6.45, 7) is -3.01. The van der Waals surface area contributed by atoms with Crippen molar-refractivity contribution in [3.05, 3.63) is 95.9 Å². The molecule has 0 atom stereocenters. The Labute approximate surface area is 181 Å². The van der Waals surface area contributed by atoms with E-state index in [-0.39, 0.29) is 12.4 Å². The summed E-state index contributed by atoms with van der Waals surface area (Å²) in [6.07, 6.45) is 3.13. The second-order valence-electron chi connectivity index (χ2n) is 6.61. The first kappa shape index (κ1) is 21.0. The Balaban J connectivity index is 1.51. The Bertz CT molecular complexity index is 1180. The van der Waals surface area contributed by atoms with Crippen LogP contribution in [0.3, 0.4) is 0 Å². The summed E-state index contributed by atoms with van der Waals surface area (Å²) in [5, 5.41) is 3.89. The smallest absolute Gasteiger partial charge is 0.387 e. The number of benzene rings is 2. The predicted octanol–water partition coefficient (Wildman–Crippen LogP) is 5.82. The normalized spacial score (nSPS) is 11.5. The molecule has 0 unspecified atom stereocenters. The summed E-state index contributed by atoms with van der Waals surface area (Å²) in [4.78, 5) is 12.9. The van der Waals surface area contributed by atoms with Gasteiger partial charge in [-0.1, -0.05) is 47.6 Å². The molecule has 0 fully saturated rings. The van der Waals surface area contributed by atoms with Gasteiger partial charge in [0.05, 0.1) is 11.8 Å². The monoisotopic (exact) mass is 437 g/mol. The van der Waals surface area contributed by atoms with Gasteiger partial charge in [0.2, 0.25) is 5.76 Å². The maximum Gasteiger partial charge on any atom is 0.387 e. The Morgan fingerprint density at radius 3 is 2.47 bits per heavy atom. The number of alkyl halides is 2. The van der Waals surface area contributed by atoms with Gasteiger partial charge in [0, 0.05) is 6.07 Å². The Morgan fingerprint density at radius 2 is 1.78 bits per heavy atom. The molecule has 0 saturated heterocycles. The topological polar surface area (TPSA) is 74.7 Å². The van der Waals surface area contributed by atoms with E-state index in [2.05, 4.69) is 9.89 Å². The van der Waals surface area contributed by atoms with Gasteiger partial charge >= 0.3 is 12.6 Å². The van der Waals surface area contributed by atoms with E-state index in [1.807, 2.05) is 6.07 Å². The lowest BCUT2D eigenvalue weighted by molar-refractivity contribution is -0.137. The van der Waals surface area contributed by atoms with Crippen LogP contribution in [-0.2, 0) is 16.1 Å². The summed E-state index contributed by atoms with van der Waals surface area (Å²) in [5.41, 5.74) is 1.97. The molecule has 0 radical (unpaired) electrons. The van der Waals surface area contributed by atoms with Crippen LogP contribution in [0.25, 0.3) is 23.2 Å². The highest BCUT2D eigenvalue weighted by Gasteiger charge is 2.16. The lowest BCUT2D eigenvalue weighted by atomic mass is 10.0. The van der Waals surface area contributed by atoms with Crippen LogP contribution in [0.2, 0.25) is 0 Å². The van der Waals surface area contributed by atoms with Crippen LogP contribution in [0, 0.1) is 0 Å². The molecular weight excluding hydrogens is 420 g/mol. The van der Waals surface area contributed by atoms with Crippen LogP contribution in [-0.4, -0.2) is 17.7 Å². The van der Waals surface area contributed by atoms with E-state index < -0.39 is 12.6 Å². The van der Waals surface area contributed by atoms with E-state index in [0.717, 1.165) is 0 Å². The molecule has 4 aromatic rings. The van der Waals surface area contributed by atoms with Crippen molar-refractivity contribution >= 4 is 17.6 Å². The van der Waals surface area contributed by atoms with Gasteiger partial charge in [-0.05, 0) is 41.5 Å². The lowest BCUT2D eigenvalue weighted by Crippen LogP contribution is -2.07. The van der Waals surface area contributed by atoms with E-state index in [1.165, 1.54) is 18.4 Å². The summed E-state index contributed by atoms with van der Waals surface area (Å²) in [7, 11) is 0. The maximum absolute atomic E-state index is 12.9. The van der Waals surface area contributed by atoms with Gasteiger partial charge in [-0.25, -0.2) is 4.79 Å². The molecule has 0 aliphatic carbocycles. The molecule has 2 heterocycles. The lowest BCUT2D eigenvalue weighted by Gasteiger charge is -2.09. The molecule has 0 N–H and O–H groups in total. The second kappa shape index (κ2) is 9.74. The molecule has 2 aromatic carbocycles. The van der Waals surface area contributed by atoms with Gasteiger partial charge < -0.3 is 18.4 Å². The van der Waals surface area contributed by atoms with Crippen molar-refractivity contribution in [1.82, 2.24) is 5.16 Å². The number of carbonyl (C=O) groups is 1. The van der Waals surface area contributed by atoms with Crippen molar-refractivity contribution in [3.8, 4) is 17.3 Å². The van der Waals surface area contributed by atoms with Gasteiger partial charge in [0.15, 0.2) is 5.76 Å². The van der Waals surface area contributed by atoms with Crippen molar-refractivity contribution < 1.29 is 32.0 Å². The highest BCUT2D eigenvalue weighted by molar-refractivity contribution is 6.21. The Morgan fingerprint density at radius 1 is 1.00 bits per heavy atom. The van der Waals surface area contributed by atoms with Crippen LogP contribution in [0.4, 0.5) is 8.78 Å². The molecule has 0 aliphatic rings. The molecule has 2 aromatic heterocycles. The zero-order valence-corrected chi connectivity index (χ0v) is 16.6. The molecule has 0 spiro atoms. The van der Waals surface area contributed by atoms with Gasteiger partial charge in [0.1, 0.15) is 18.1 Å². The third kappa shape index (κ3) is 5.28. The minimum Gasteiger partial charge on any atom is -0.461 e. The number of rotatable bonds is 8. The fraction of sp³-hybridized carbons (Fsp3) is 0.0833. The van der Waals surface area contributed by atoms with Crippen molar-refractivity contribution in [2.24, 2.45) is 0 Å². The van der Waals surface area contributed by atoms with Crippen molar-refractivity contribution in [2.75, 3.05) is 0 Å². The van der Waals surface area contributed by atoms with Crippen LogP contribution in [0.5, 0.6) is 5.75 Å². The van der Waals surface area contributed by atoms with E-state index in [1.54, 1.807) is 60.7 Å². The number of esters is 1. The fourth-order valence-electron chi connectivity index (χ4n) is 2.92. The van der Waals surface area contributed by atoms with E-state index in [0.29, 0.717) is 33.9 Å². The van der Waals surface area contributed by atoms with Gasteiger partial charge in [-0.2, -0.15) is 8.78 Å². The molecule has 162 valence electrons. The largest absolute Gasteiger partial charge is 0.461 e. The van der Waals surface area contributed by atoms with E-state index in [4.69, 9.17) is 13.7 Å². The Hall–Kier alpha value is -4.20. The van der Waals surface area contributed by atoms with Crippen molar-refractivity contribution in [3.63, 3.8) is 0 Å². The van der Waals surface area contributed by atoms with Crippen LogP contribution < -0.4 is 4.74 Å². The number of hydrogen-bond donors (Lipinski definition) is 0. The van der Waals surface area contributed by atoms with Crippen LogP contribution in [0.1, 0.15) is 16.8 Å². The summed E-state index contributed by atoms with van der Waals surface area (Å²) < 4.78 is 45.0. The van der Waals surface area contributed by atoms with Gasteiger partial charge in [-0.3, -0.25) is 0 Å². The SMILES string of the molecule is O=C(OCc1cc(-c2ccco2)on1)/C(=C/c1ccc(OC(F)F)cc1)c1ccccc1. The summed E-state index contributed by atoms with van der Waals surface area (Å²) in [5.74, 6) is 0.385. The first-order valence-corrected chi connectivity index (χ1v) is 9.57. The molecule has 0 saturated carbocycles. The fourth-order valence-corrected chi connectivity index (χ4v) is 2.92. The quantitative estimate of drug-likeness (QED) is 0.196. The number of hydrogen-bond acceptors (Lipinski definition) is 6. The van der Waals surface area contributed by atoms with Crippen molar-refractivity contribution in [1.29, 1.82) is 0 Å². The van der Waals surface area contributed by atoms with Gasteiger partial charge in [0.25, 0.3) is 0 Å². The van der Waals surface area contributed by atoms with E-state index in [9.17, 15) is 13.6 Å². The third-order valence-electron chi connectivity index (χ3n) is 4.40. The number of furan rings is 1. The average Bonchev–Trinajstić information content (AvgIpc) is 3.49. The maximum atomic E-state index is 12.9. The molecule has 0 amide bonds. The standard InChI is InChI=1S/C24H17F2NO5/c25-24(26)31-19-10-8-16(9-11-19)13-20(17-5-2-1-3-6-17)23(28)30-15-18-14-22(32-27-18)21-7-4-12-29-21/h1-14,24H,15H2/b20-13+. The molecule has 0 aliphatic heterocycles. The predicted molar refractivity (Wildman–Crippen MR) is 111 cm³/mol. The number of ether oxygens (including phenoxy) is 2. The summed E-state index contributed by atoms with van der Waals surface area (Å²) >= 11 is 0. The van der Waals surface area contributed by atoms with Crippen LogP contribution in [0.15, 0.2) is 88.0 Å². The highest BCUT2D eigenvalue weighted by Crippen LogP contribution is 2.24. The zero-order chi connectivity index (χ0) is 22.3. The molecule has 32 heavy (non-hydrogen) atoms. The average molecular weight is 437 g/mol. The minimum atomic E-state index is -2.91. The zero-order valence-electron chi connectivity index (χ0n) is 16.6. The molecular formula is C24H17F2NO5. The minimum absolute atomic E-state index is 0.0272. The number of aromatic nitrogens is 1. The number of halogens is 2. The van der Waals surface area contributed by atoms with Gasteiger partial charge in [-0.15, -0.1) is 0 Å². The Kier molecular flexibility index (Phi) is 6.41. The number of nitrogens with zero attached hydrogens (tertiary/aromatic N) is 1. The van der Waals surface area contributed by atoms with Crippen molar-refractivity contribution in [2.45, 2.75) is 13.2 Å². The molecule has 6 nitrogen and oxygen atoms in total. The second-order valence-corrected chi connectivity index (χ2v) is 6.61. The first-order valence-electron chi connectivity index (χ1n) is 9.57. The molecule has 0 bridgehead atoms. The molecule has 4 rings (SSSR count). The highest BCUT2D eigenvalue weighted by atomic mass is 19.3. The summed E-state index contributed by atoms with van der Waals surface area (Å²) in [6, 6.07) is 20.0. The third-order valence-corrected chi connectivity index (χ3v) is 4.40. The van der Waals surface area contributed by atoms with E-state index >= 15 is 0 Å².